The van der Waals surface area contributed by atoms with Crippen LogP contribution in [0.3, 0.4) is 0 Å². The molecule has 0 amide bonds. The van der Waals surface area contributed by atoms with E-state index in [1.165, 1.54) is 70.8 Å². The molecule has 1 atom stereocenters. The molecule has 2 nitrogen and oxygen atoms in total. The maximum Gasteiger partial charge on any atom is 0.119 e. The van der Waals surface area contributed by atoms with Gasteiger partial charge in [0.15, 0.2) is 0 Å². The summed E-state index contributed by atoms with van der Waals surface area (Å²) in [6, 6.07) is 0. The van der Waals surface area contributed by atoms with Crippen molar-refractivity contribution in [2.24, 2.45) is 5.92 Å². The molecule has 1 aliphatic heterocycles. The van der Waals surface area contributed by atoms with E-state index >= 15 is 0 Å². The fraction of sp³-hybridized carbons (Fsp3) is 1.00. The highest BCUT2D eigenvalue weighted by Gasteiger charge is 2.42. The summed E-state index contributed by atoms with van der Waals surface area (Å²) in [7, 11) is 0. The van der Waals surface area contributed by atoms with E-state index in [9.17, 15) is 0 Å². The molecule has 2 heteroatoms. The van der Waals surface area contributed by atoms with Gasteiger partial charge in [-0.1, -0.05) is 19.3 Å². The third kappa shape index (κ3) is 2.43. The summed E-state index contributed by atoms with van der Waals surface area (Å²) < 4.78 is 6.46. The molecule has 1 heterocycles. The van der Waals surface area contributed by atoms with Crippen molar-refractivity contribution in [1.29, 1.82) is 0 Å². The molecular formula is C14H25NO. The summed E-state index contributed by atoms with van der Waals surface area (Å²) in [4.78, 5) is 0. The van der Waals surface area contributed by atoms with E-state index in [2.05, 4.69) is 5.32 Å². The Bertz CT molecular complexity index is 229. The van der Waals surface area contributed by atoms with Crippen LogP contribution in [-0.2, 0) is 4.74 Å². The van der Waals surface area contributed by atoms with Gasteiger partial charge in [-0.25, -0.2) is 0 Å². The van der Waals surface area contributed by atoms with Crippen molar-refractivity contribution in [2.75, 3.05) is 6.54 Å². The quantitative estimate of drug-likeness (QED) is 0.737. The van der Waals surface area contributed by atoms with Crippen LogP contribution in [0.2, 0.25) is 0 Å². The Labute approximate surface area is 99.1 Å². The molecule has 2 aliphatic carbocycles. The Balaban J connectivity index is 1.63. The van der Waals surface area contributed by atoms with Gasteiger partial charge in [0.25, 0.3) is 0 Å². The molecule has 0 aromatic heterocycles. The molecule has 0 bridgehead atoms. The summed E-state index contributed by atoms with van der Waals surface area (Å²) in [5, 5.41) is 3.69. The Morgan fingerprint density at radius 2 is 1.56 bits per heavy atom. The number of hydrogen-bond acceptors (Lipinski definition) is 2. The van der Waals surface area contributed by atoms with Crippen molar-refractivity contribution in [3.8, 4) is 0 Å². The minimum Gasteiger partial charge on any atom is -0.357 e. The van der Waals surface area contributed by atoms with Gasteiger partial charge in [0.05, 0.1) is 6.10 Å². The van der Waals surface area contributed by atoms with Gasteiger partial charge in [-0.2, -0.15) is 0 Å². The first kappa shape index (κ1) is 11.0. The van der Waals surface area contributed by atoms with E-state index in [0.29, 0.717) is 6.10 Å². The van der Waals surface area contributed by atoms with Gasteiger partial charge in [0.2, 0.25) is 0 Å². The van der Waals surface area contributed by atoms with Gasteiger partial charge in [0, 0.05) is 6.54 Å². The molecule has 0 aromatic carbocycles. The molecule has 2 saturated carbocycles. The van der Waals surface area contributed by atoms with Crippen LogP contribution in [0.5, 0.6) is 0 Å². The first-order chi connectivity index (χ1) is 7.88. The lowest BCUT2D eigenvalue weighted by Crippen LogP contribution is -2.55. The van der Waals surface area contributed by atoms with Gasteiger partial charge in [-0.3, -0.25) is 5.32 Å². The van der Waals surface area contributed by atoms with Gasteiger partial charge in [0.1, 0.15) is 5.72 Å². The summed E-state index contributed by atoms with van der Waals surface area (Å²) >= 11 is 0. The van der Waals surface area contributed by atoms with E-state index in [0.717, 1.165) is 5.92 Å². The van der Waals surface area contributed by atoms with Crippen LogP contribution in [0.25, 0.3) is 0 Å². The summed E-state index contributed by atoms with van der Waals surface area (Å²) in [6.07, 6.45) is 14.1. The largest absolute Gasteiger partial charge is 0.357 e. The minimum absolute atomic E-state index is 0.0753. The summed E-state index contributed by atoms with van der Waals surface area (Å²) in [5.74, 6) is 0.907. The zero-order valence-corrected chi connectivity index (χ0v) is 10.3. The molecule has 3 rings (SSSR count). The lowest BCUT2D eigenvalue weighted by Gasteiger charge is -2.43. The van der Waals surface area contributed by atoms with Crippen LogP contribution in [-0.4, -0.2) is 18.4 Å². The van der Waals surface area contributed by atoms with Crippen LogP contribution >= 0.6 is 0 Å². The fourth-order valence-corrected chi connectivity index (χ4v) is 3.40. The van der Waals surface area contributed by atoms with E-state index < -0.39 is 0 Å². The molecule has 16 heavy (non-hydrogen) atoms. The van der Waals surface area contributed by atoms with Crippen LogP contribution < -0.4 is 5.32 Å². The first-order valence-corrected chi connectivity index (χ1v) is 7.31. The van der Waals surface area contributed by atoms with Crippen molar-refractivity contribution in [3.63, 3.8) is 0 Å². The number of hydrogen-bond donors (Lipinski definition) is 1. The summed E-state index contributed by atoms with van der Waals surface area (Å²) in [6.45, 7) is 1.18. The maximum absolute atomic E-state index is 6.46. The second-order valence-electron chi connectivity index (χ2n) is 5.97. The highest BCUT2D eigenvalue weighted by Crippen LogP contribution is 2.41. The van der Waals surface area contributed by atoms with Gasteiger partial charge in [-0.05, 0) is 50.9 Å². The molecule has 1 saturated heterocycles. The van der Waals surface area contributed by atoms with E-state index in [1.807, 2.05) is 0 Å². The normalized spacial score (nSPS) is 35.6. The standard InChI is InChI=1S/C14H25NO/c1-2-4-9-14(10-5-3-1)15-11-8-13(16-14)12-6-7-12/h12-13,15H,1-11H2. The highest BCUT2D eigenvalue weighted by atomic mass is 16.5. The SMILES string of the molecule is C1CCCC2(CCC1)NCCC(C1CC1)O2. The highest BCUT2D eigenvalue weighted by molar-refractivity contribution is 4.91. The second-order valence-corrected chi connectivity index (χ2v) is 5.97. The Morgan fingerprint density at radius 3 is 2.25 bits per heavy atom. The third-order valence-electron chi connectivity index (χ3n) is 4.56. The van der Waals surface area contributed by atoms with Gasteiger partial charge < -0.3 is 4.74 Å². The molecule has 3 fully saturated rings. The van der Waals surface area contributed by atoms with Crippen molar-refractivity contribution < 1.29 is 4.74 Å². The minimum atomic E-state index is 0.0753. The van der Waals surface area contributed by atoms with Crippen LogP contribution in [0.1, 0.15) is 64.2 Å². The monoisotopic (exact) mass is 223 g/mol. The second kappa shape index (κ2) is 4.66. The lowest BCUT2D eigenvalue weighted by atomic mass is 9.91. The van der Waals surface area contributed by atoms with Crippen LogP contribution in [0.4, 0.5) is 0 Å². The van der Waals surface area contributed by atoms with Crippen molar-refractivity contribution >= 4 is 0 Å². The Kier molecular flexibility index (Phi) is 3.21. The van der Waals surface area contributed by atoms with Crippen molar-refractivity contribution in [1.82, 2.24) is 5.32 Å². The number of nitrogens with one attached hydrogen (secondary N) is 1. The smallest absolute Gasteiger partial charge is 0.119 e. The molecule has 92 valence electrons. The average Bonchev–Trinajstić information content (AvgIpc) is 3.08. The molecule has 3 aliphatic rings. The molecule has 0 radical (unpaired) electrons. The van der Waals surface area contributed by atoms with E-state index in [4.69, 9.17) is 4.74 Å². The molecule has 1 N–H and O–H groups in total. The Morgan fingerprint density at radius 1 is 0.875 bits per heavy atom. The molecule has 1 spiro atoms. The predicted molar refractivity (Wildman–Crippen MR) is 65.3 cm³/mol. The van der Waals surface area contributed by atoms with Crippen molar-refractivity contribution in [3.05, 3.63) is 0 Å². The summed E-state index contributed by atoms with van der Waals surface area (Å²) in [5.41, 5.74) is 0.0753. The number of rotatable bonds is 1. The Hall–Kier alpha value is -0.0800. The maximum atomic E-state index is 6.46. The molecular weight excluding hydrogens is 198 g/mol. The topological polar surface area (TPSA) is 21.3 Å². The zero-order valence-electron chi connectivity index (χ0n) is 10.3. The van der Waals surface area contributed by atoms with Crippen molar-refractivity contribution in [2.45, 2.75) is 76.0 Å². The van der Waals surface area contributed by atoms with Gasteiger partial charge >= 0.3 is 0 Å². The third-order valence-corrected chi connectivity index (χ3v) is 4.56. The van der Waals surface area contributed by atoms with E-state index in [-0.39, 0.29) is 5.72 Å². The molecule has 0 aromatic rings. The predicted octanol–water partition coefficient (Wildman–Crippen LogP) is 3.22. The van der Waals surface area contributed by atoms with Gasteiger partial charge in [-0.15, -0.1) is 0 Å². The van der Waals surface area contributed by atoms with Crippen LogP contribution in [0, 0.1) is 5.92 Å². The molecule has 1 unspecified atom stereocenters. The van der Waals surface area contributed by atoms with Crippen LogP contribution in [0.15, 0.2) is 0 Å². The fourth-order valence-electron chi connectivity index (χ4n) is 3.40. The average molecular weight is 223 g/mol. The van der Waals surface area contributed by atoms with E-state index in [1.54, 1.807) is 0 Å². The first-order valence-electron chi connectivity index (χ1n) is 7.31. The zero-order chi connectivity index (χ0) is 10.8. The lowest BCUT2D eigenvalue weighted by molar-refractivity contribution is -0.160. The number of ether oxygens (including phenoxy) is 1.